The van der Waals surface area contributed by atoms with Gasteiger partial charge < -0.3 is 14.5 Å². The standard InChI is InChI=1S/C13H26N2O5S/c1-12(2)13(16)14-4-6-15(7-9-20-10-8-15)5-3-11-21(17,18)19/h12H,3-11H2,1-2H3,(H-,14,16,17,18,19)/p+1. The van der Waals surface area contributed by atoms with Gasteiger partial charge >= 0.3 is 0 Å². The summed E-state index contributed by atoms with van der Waals surface area (Å²) in [6, 6.07) is 0. The number of amides is 1. The molecular weight excluding hydrogens is 296 g/mol. The summed E-state index contributed by atoms with van der Waals surface area (Å²) in [4.78, 5) is 11.6. The molecule has 2 N–H and O–H groups in total. The van der Waals surface area contributed by atoms with Crippen molar-refractivity contribution in [3.63, 3.8) is 0 Å². The first-order valence-electron chi connectivity index (χ1n) is 7.40. The second-order valence-electron chi connectivity index (χ2n) is 5.93. The van der Waals surface area contributed by atoms with Gasteiger partial charge in [0.1, 0.15) is 13.1 Å². The lowest BCUT2D eigenvalue weighted by Gasteiger charge is -2.41. The van der Waals surface area contributed by atoms with Crippen LogP contribution >= 0.6 is 0 Å². The molecule has 1 aliphatic rings. The average Bonchev–Trinajstić information content (AvgIpc) is 2.38. The van der Waals surface area contributed by atoms with E-state index < -0.39 is 10.1 Å². The van der Waals surface area contributed by atoms with Gasteiger partial charge in [-0.1, -0.05) is 13.8 Å². The fourth-order valence-electron chi connectivity index (χ4n) is 2.49. The van der Waals surface area contributed by atoms with Gasteiger partial charge in [-0.2, -0.15) is 8.42 Å². The van der Waals surface area contributed by atoms with Gasteiger partial charge in [0.2, 0.25) is 5.91 Å². The fourth-order valence-corrected chi connectivity index (χ4v) is 2.99. The predicted molar refractivity (Wildman–Crippen MR) is 79.4 cm³/mol. The zero-order valence-corrected chi connectivity index (χ0v) is 13.7. The van der Waals surface area contributed by atoms with Crippen molar-refractivity contribution in [3.8, 4) is 0 Å². The Labute approximate surface area is 127 Å². The first-order valence-corrected chi connectivity index (χ1v) is 9.01. The molecular formula is C13H27N2O5S+. The maximum Gasteiger partial charge on any atom is 0.265 e. The lowest BCUT2D eigenvalue weighted by Crippen LogP contribution is -2.58. The monoisotopic (exact) mass is 323 g/mol. The number of morpholine rings is 1. The lowest BCUT2D eigenvalue weighted by molar-refractivity contribution is -0.934. The largest absolute Gasteiger partial charge is 0.370 e. The molecule has 1 aliphatic heterocycles. The Kier molecular flexibility index (Phi) is 7.05. The third-order valence-electron chi connectivity index (χ3n) is 3.86. The van der Waals surface area contributed by atoms with E-state index in [1.165, 1.54) is 0 Å². The summed E-state index contributed by atoms with van der Waals surface area (Å²) in [5.74, 6) is -0.228. The summed E-state index contributed by atoms with van der Waals surface area (Å²) in [6.45, 7) is 8.60. The van der Waals surface area contributed by atoms with Crippen molar-refractivity contribution in [2.45, 2.75) is 20.3 Å². The van der Waals surface area contributed by atoms with Crippen LogP contribution in [0.5, 0.6) is 0 Å². The molecule has 0 aromatic carbocycles. The van der Waals surface area contributed by atoms with Gasteiger partial charge in [-0.3, -0.25) is 9.35 Å². The number of carbonyl (C=O) groups excluding carboxylic acids is 1. The van der Waals surface area contributed by atoms with Crippen LogP contribution in [0.25, 0.3) is 0 Å². The molecule has 0 unspecified atom stereocenters. The van der Waals surface area contributed by atoms with E-state index in [1.54, 1.807) is 0 Å². The zero-order chi connectivity index (χ0) is 15.9. The third-order valence-corrected chi connectivity index (χ3v) is 4.67. The molecule has 21 heavy (non-hydrogen) atoms. The molecule has 0 aromatic rings. The van der Waals surface area contributed by atoms with Crippen LogP contribution in [0.3, 0.4) is 0 Å². The zero-order valence-electron chi connectivity index (χ0n) is 12.9. The quantitative estimate of drug-likeness (QED) is 0.480. The first kappa shape index (κ1) is 18.3. The van der Waals surface area contributed by atoms with Gasteiger partial charge in [-0.05, 0) is 0 Å². The summed E-state index contributed by atoms with van der Waals surface area (Å²) in [5, 5.41) is 2.90. The Bertz CT molecular complexity index is 430. The molecule has 1 fully saturated rings. The molecule has 0 radical (unpaired) electrons. The van der Waals surface area contributed by atoms with Crippen LogP contribution in [0.1, 0.15) is 20.3 Å². The van der Waals surface area contributed by atoms with E-state index in [1.807, 2.05) is 13.8 Å². The first-order chi connectivity index (χ1) is 9.74. The third kappa shape index (κ3) is 7.21. The summed E-state index contributed by atoms with van der Waals surface area (Å²) in [5.41, 5.74) is 0. The number of hydrogen-bond acceptors (Lipinski definition) is 4. The van der Waals surface area contributed by atoms with Gasteiger partial charge in [0.15, 0.2) is 0 Å². The van der Waals surface area contributed by atoms with Crippen LogP contribution in [0.2, 0.25) is 0 Å². The Hall–Kier alpha value is -0.700. The number of hydrogen-bond donors (Lipinski definition) is 2. The van der Waals surface area contributed by atoms with Crippen molar-refractivity contribution in [2.75, 3.05) is 51.7 Å². The molecule has 0 bridgehead atoms. The van der Waals surface area contributed by atoms with Crippen molar-refractivity contribution in [1.29, 1.82) is 0 Å². The van der Waals surface area contributed by atoms with Crippen molar-refractivity contribution in [3.05, 3.63) is 0 Å². The Morgan fingerprint density at radius 3 is 2.43 bits per heavy atom. The second-order valence-corrected chi connectivity index (χ2v) is 7.51. The SMILES string of the molecule is CC(C)C(=O)NCC[N+]1(CCCS(=O)(=O)O)CCOCC1. The summed E-state index contributed by atoms with van der Waals surface area (Å²) < 4.78 is 36.6. The van der Waals surface area contributed by atoms with Crippen LogP contribution in [0.15, 0.2) is 0 Å². The van der Waals surface area contributed by atoms with Crippen LogP contribution in [-0.4, -0.2) is 75.1 Å². The van der Waals surface area contributed by atoms with Gasteiger partial charge in [0.05, 0.1) is 38.6 Å². The molecule has 7 nitrogen and oxygen atoms in total. The number of carbonyl (C=O) groups is 1. The molecule has 0 aliphatic carbocycles. The van der Waals surface area contributed by atoms with E-state index in [-0.39, 0.29) is 17.6 Å². The Balaban J connectivity index is 2.47. The maximum atomic E-state index is 11.6. The number of nitrogens with one attached hydrogen (secondary N) is 1. The number of nitrogens with zero attached hydrogens (tertiary/aromatic N) is 1. The Morgan fingerprint density at radius 2 is 1.90 bits per heavy atom. The second kappa shape index (κ2) is 8.07. The minimum Gasteiger partial charge on any atom is -0.370 e. The van der Waals surface area contributed by atoms with Crippen LogP contribution < -0.4 is 5.32 Å². The number of rotatable bonds is 8. The molecule has 1 heterocycles. The van der Waals surface area contributed by atoms with E-state index in [4.69, 9.17) is 9.29 Å². The Morgan fingerprint density at radius 1 is 1.29 bits per heavy atom. The fraction of sp³-hybridized carbons (Fsp3) is 0.923. The predicted octanol–water partition coefficient (Wildman–Crippen LogP) is -0.116. The van der Waals surface area contributed by atoms with Crippen LogP contribution in [0, 0.1) is 5.92 Å². The topological polar surface area (TPSA) is 92.7 Å². The highest BCUT2D eigenvalue weighted by Gasteiger charge is 2.30. The van der Waals surface area contributed by atoms with Gasteiger partial charge in [0.25, 0.3) is 10.1 Å². The molecule has 0 atom stereocenters. The van der Waals surface area contributed by atoms with Crippen LogP contribution in [-0.2, 0) is 19.6 Å². The average molecular weight is 323 g/mol. The normalized spacial score (nSPS) is 18.7. The molecule has 0 saturated carbocycles. The van der Waals surface area contributed by atoms with Crippen molar-refractivity contribution >= 4 is 16.0 Å². The summed E-state index contributed by atoms with van der Waals surface area (Å²) in [6.07, 6.45) is 0.414. The van der Waals surface area contributed by atoms with Crippen LogP contribution in [0.4, 0.5) is 0 Å². The van der Waals surface area contributed by atoms with E-state index in [2.05, 4.69) is 5.32 Å². The molecule has 1 amide bonds. The highest BCUT2D eigenvalue weighted by Crippen LogP contribution is 2.12. The smallest absolute Gasteiger partial charge is 0.265 e. The molecule has 1 rings (SSSR count). The molecule has 8 heteroatoms. The van der Waals surface area contributed by atoms with Gasteiger partial charge in [-0.15, -0.1) is 0 Å². The molecule has 1 saturated heterocycles. The summed E-state index contributed by atoms with van der Waals surface area (Å²) >= 11 is 0. The molecule has 124 valence electrons. The van der Waals surface area contributed by atoms with E-state index in [0.29, 0.717) is 32.7 Å². The highest BCUT2D eigenvalue weighted by atomic mass is 32.2. The van der Waals surface area contributed by atoms with Crippen molar-refractivity contribution in [1.82, 2.24) is 5.32 Å². The molecule has 0 aromatic heterocycles. The minimum absolute atomic E-state index is 0.0272. The maximum absolute atomic E-state index is 11.6. The summed E-state index contributed by atoms with van der Waals surface area (Å²) in [7, 11) is -3.91. The highest BCUT2D eigenvalue weighted by molar-refractivity contribution is 7.85. The van der Waals surface area contributed by atoms with E-state index >= 15 is 0 Å². The van der Waals surface area contributed by atoms with Gasteiger partial charge in [-0.25, -0.2) is 0 Å². The number of ether oxygens (including phenoxy) is 1. The van der Waals surface area contributed by atoms with Crippen molar-refractivity contribution in [2.24, 2.45) is 5.92 Å². The van der Waals surface area contributed by atoms with Gasteiger partial charge in [0, 0.05) is 12.3 Å². The van der Waals surface area contributed by atoms with Crippen molar-refractivity contribution < 1.29 is 27.0 Å². The number of quaternary nitrogens is 1. The minimum atomic E-state index is -3.91. The molecule has 0 spiro atoms. The van der Waals surface area contributed by atoms with E-state index in [9.17, 15) is 13.2 Å². The lowest BCUT2D eigenvalue weighted by atomic mass is 10.2. The van der Waals surface area contributed by atoms with E-state index in [0.717, 1.165) is 24.1 Å².